The molecule has 2 fully saturated rings. The van der Waals surface area contributed by atoms with Gasteiger partial charge in [-0.15, -0.1) is 0 Å². The maximum absolute atomic E-state index is 13.1. The van der Waals surface area contributed by atoms with E-state index in [2.05, 4.69) is 0 Å². The number of carbonyl (C=O) groups is 3. The van der Waals surface area contributed by atoms with Gasteiger partial charge in [0, 0.05) is 19.6 Å². The van der Waals surface area contributed by atoms with Gasteiger partial charge in [-0.2, -0.15) is 0 Å². The summed E-state index contributed by atoms with van der Waals surface area (Å²) >= 11 is 0. The van der Waals surface area contributed by atoms with Crippen molar-refractivity contribution in [1.29, 1.82) is 0 Å². The molecule has 2 aromatic carbocycles. The fraction of sp³-hybridized carbons (Fsp3) is 0.423. The summed E-state index contributed by atoms with van der Waals surface area (Å²) in [6, 6.07) is 18.6. The van der Waals surface area contributed by atoms with Crippen molar-refractivity contribution in [3.63, 3.8) is 0 Å². The molecule has 8 heteroatoms. The molecule has 0 aliphatic carbocycles. The number of hydrogen-bond donors (Lipinski definition) is 1. The van der Waals surface area contributed by atoms with Crippen LogP contribution in [0, 0.1) is 5.92 Å². The maximum Gasteiger partial charge on any atom is 0.314 e. The SMILES string of the molecule is CCOC(=O)[C@H]1[C@@H](O)C(=O)N(Cc2ccccc2)C12CCN(C(=O)COc1ccccc1)CC2. The van der Waals surface area contributed by atoms with Gasteiger partial charge >= 0.3 is 5.97 Å². The van der Waals surface area contributed by atoms with Crippen LogP contribution >= 0.6 is 0 Å². The number of ether oxygens (including phenoxy) is 2. The molecule has 2 saturated heterocycles. The largest absolute Gasteiger partial charge is 0.484 e. The second-order valence-electron chi connectivity index (χ2n) is 8.67. The first kappa shape index (κ1) is 23.8. The van der Waals surface area contributed by atoms with E-state index >= 15 is 0 Å². The van der Waals surface area contributed by atoms with Gasteiger partial charge in [-0.05, 0) is 37.5 Å². The van der Waals surface area contributed by atoms with Crippen molar-refractivity contribution in [3.05, 3.63) is 66.2 Å². The van der Waals surface area contributed by atoms with Gasteiger partial charge in [-0.1, -0.05) is 48.5 Å². The van der Waals surface area contributed by atoms with Gasteiger partial charge in [0.25, 0.3) is 11.8 Å². The number of benzene rings is 2. The summed E-state index contributed by atoms with van der Waals surface area (Å²) in [6.45, 7) is 2.73. The zero-order valence-electron chi connectivity index (χ0n) is 19.3. The molecule has 180 valence electrons. The van der Waals surface area contributed by atoms with Crippen LogP contribution in [0.25, 0.3) is 0 Å². The van der Waals surface area contributed by atoms with Crippen molar-refractivity contribution < 1.29 is 29.0 Å². The number of esters is 1. The fourth-order valence-corrected chi connectivity index (χ4v) is 5.04. The molecule has 2 heterocycles. The highest BCUT2D eigenvalue weighted by Gasteiger charge is 2.62. The molecular formula is C26H30N2O6. The second kappa shape index (κ2) is 10.3. The van der Waals surface area contributed by atoms with Crippen LogP contribution in [0.2, 0.25) is 0 Å². The van der Waals surface area contributed by atoms with Crippen LogP contribution < -0.4 is 4.74 Å². The van der Waals surface area contributed by atoms with E-state index in [0.29, 0.717) is 31.7 Å². The molecule has 0 aromatic heterocycles. The van der Waals surface area contributed by atoms with E-state index in [0.717, 1.165) is 5.56 Å². The molecule has 1 N–H and O–H groups in total. The summed E-state index contributed by atoms with van der Waals surface area (Å²) in [6.07, 6.45) is -0.738. The summed E-state index contributed by atoms with van der Waals surface area (Å²) < 4.78 is 10.8. The molecule has 34 heavy (non-hydrogen) atoms. The first-order valence-electron chi connectivity index (χ1n) is 11.6. The lowest BCUT2D eigenvalue weighted by molar-refractivity contribution is -0.156. The number of nitrogens with zero attached hydrogens (tertiary/aromatic N) is 2. The van der Waals surface area contributed by atoms with E-state index < -0.39 is 29.4 Å². The predicted octanol–water partition coefficient (Wildman–Crippen LogP) is 2.01. The first-order chi connectivity index (χ1) is 16.5. The molecule has 2 aliphatic heterocycles. The Morgan fingerprint density at radius 1 is 1.03 bits per heavy atom. The van der Waals surface area contributed by atoms with Crippen LogP contribution in [0.15, 0.2) is 60.7 Å². The summed E-state index contributed by atoms with van der Waals surface area (Å²) in [7, 11) is 0. The normalized spacial score (nSPS) is 21.5. The molecule has 4 rings (SSSR count). The smallest absolute Gasteiger partial charge is 0.314 e. The number of carbonyl (C=O) groups excluding carboxylic acids is 3. The predicted molar refractivity (Wildman–Crippen MR) is 124 cm³/mol. The molecule has 2 atom stereocenters. The van der Waals surface area contributed by atoms with Gasteiger partial charge in [0.1, 0.15) is 17.8 Å². The van der Waals surface area contributed by atoms with Crippen LogP contribution in [0.3, 0.4) is 0 Å². The highest BCUT2D eigenvalue weighted by atomic mass is 16.5. The Balaban J connectivity index is 1.52. The van der Waals surface area contributed by atoms with E-state index in [-0.39, 0.29) is 25.7 Å². The Hall–Kier alpha value is -3.39. The van der Waals surface area contributed by atoms with E-state index in [1.165, 1.54) is 0 Å². The minimum Gasteiger partial charge on any atom is -0.484 e. The molecular weight excluding hydrogens is 436 g/mol. The van der Waals surface area contributed by atoms with E-state index in [1.807, 2.05) is 48.5 Å². The molecule has 0 radical (unpaired) electrons. The maximum atomic E-state index is 13.1. The van der Waals surface area contributed by atoms with Gasteiger partial charge in [0.15, 0.2) is 6.61 Å². The molecule has 1 spiro atoms. The van der Waals surface area contributed by atoms with Gasteiger partial charge in [-0.3, -0.25) is 14.4 Å². The minimum absolute atomic E-state index is 0.0897. The van der Waals surface area contributed by atoms with Gasteiger partial charge < -0.3 is 24.4 Å². The lowest BCUT2D eigenvalue weighted by Gasteiger charge is -2.47. The Kier molecular flexibility index (Phi) is 7.17. The third-order valence-electron chi connectivity index (χ3n) is 6.76. The quantitative estimate of drug-likeness (QED) is 0.627. The highest BCUT2D eigenvalue weighted by Crippen LogP contribution is 2.45. The standard InChI is InChI=1S/C26H30N2O6/c1-2-33-25(32)22-23(30)24(31)28(17-19-9-5-3-6-10-19)26(22)13-15-27(16-14-26)21(29)18-34-20-11-7-4-8-12-20/h3-12,22-23,30H,2,13-18H2,1H3/t22-,23-/m1/s1. The van der Waals surface area contributed by atoms with Crippen LogP contribution in [0.4, 0.5) is 0 Å². The molecule has 2 aromatic rings. The Labute approximate surface area is 199 Å². The number of hydrogen-bond acceptors (Lipinski definition) is 6. The van der Waals surface area contributed by atoms with Gasteiger partial charge in [0.2, 0.25) is 0 Å². The monoisotopic (exact) mass is 466 g/mol. The summed E-state index contributed by atoms with van der Waals surface area (Å²) in [5.41, 5.74) is -0.0166. The molecule has 0 bridgehead atoms. The van der Waals surface area contributed by atoms with Crippen molar-refractivity contribution in [2.75, 3.05) is 26.3 Å². The lowest BCUT2D eigenvalue weighted by Crippen LogP contribution is -2.58. The van der Waals surface area contributed by atoms with Crippen molar-refractivity contribution in [2.45, 2.75) is 38.0 Å². The number of rotatable bonds is 7. The number of likely N-dealkylation sites (tertiary alicyclic amines) is 2. The second-order valence-corrected chi connectivity index (χ2v) is 8.67. The van der Waals surface area contributed by atoms with Gasteiger partial charge in [0.05, 0.1) is 12.1 Å². The van der Waals surface area contributed by atoms with E-state index in [1.54, 1.807) is 28.9 Å². The molecule has 0 saturated carbocycles. The zero-order chi connectivity index (χ0) is 24.1. The van der Waals surface area contributed by atoms with Crippen molar-refractivity contribution in [3.8, 4) is 5.75 Å². The fourth-order valence-electron chi connectivity index (χ4n) is 5.04. The average Bonchev–Trinajstić information content (AvgIpc) is 3.05. The highest BCUT2D eigenvalue weighted by molar-refractivity contribution is 5.93. The van der Waals surface area contributed by atoms with Crippen LogP contribution in [-0.4, -0.2) is 70.6 Å². The van der Waals surface area contributed by atoms with Crippen molar-refractivity contribution in [1.82, 2.24) is 9.80 Å². The molecule has 2 amide bonds. The average molecular weight is 467 g/mol. The van der Waals surface area contributed by atoms with Crippen LogP contribution in [0.5, 0.6) is 5.75 Å². The Morgan fingerprint density at radius 2 is 1.65 bits per heavy atom. The van der Waals surface area contributed by atoms with Crippen molar-refractivity contribution in [2.24, 2.45) is 5.92 Å². The molecule has 0 unspecified atom stereocenters. The third kappa shape index (κ3) is 4.63. The topological polar surface area (TPSA) is 96.4 Å². The van der Waals surface area contributed by atoms with Crippen LogP contribution in [-0.2, 0) is 25.7 Å². The van der Waals surface area contributed by atoms with Gasteiger partial charge in [-0.25, -0.2) is 0 Å². The summed E-state index contributed by atoms with van der Waals surface area (Å²) in [5, 5.41) is 10.8. The summed E-state index contributed by atoms with van der Waals surface area (Å²) in [4.78, 5) is 42.1. The number of aliphatic hydroxyl groups is 1. The number of piperidine rings is 1. The minimum atomic E-state index is -1.47. The number of aliphatic hydroxyl groups excluding tert-OH is 1. The summed E-state index contributed by atoms with van der Waals surface area (Å²) in [5.74, 6) is -1.60. The third-order valence-corrected chi connectivity index (χ3v) is 6.76. The Morgan fingerprint density at radius 3 is 2.26 bits per heavy atom. The first-order valence-corrected chi connectivity index (χ1v) is 11.6. The lowest BCUT2D eigenvalue weighted by atomic mass is 9.75. The van der Waals surface area contributed by atoms with E-state index in [9.17, 15) is 19.5 Å². The van der Waals surface area contributed by atoms with Crippen LogP contribution in [0.1, 0.15) is 25.3 Å². The number of amides is 2. The van der Waals surface area contributed by atoms with E-state index in [4.69, 9.17) is 9.47 Å². The number of para-hydroxylation sites is 1. The van der Waals surface area contributed by atoms with Crippen molar-refractivity contribution >= 4 is 17.8 Å². The zero-order valence-corrected chi connectivity index (χ0v) is 19.3. The molecule has 8 nitrogen and oxygen atoms in total. The Bertz CT molecular complexity index is 1000. The molecule has 2 aliphatic rings.